The van der Waals surface area contributed by atoms with Crippen molar-refractivity contribution in [2.24, 2.45) is 5.92 Å². The lowest BCUT2D eigenvalue weighted by Crippen LogP contribution is -2.51. The molecule has 1 aliphatic heterocycles. The molecule has 3 rings (SSSR count). The van der Waals surface area contributed by atoms with E-state index in [2.05, 4.69) is 0 Å². The fourth-order valence-corrected chi connectivity index (χ4v) is 3.40. The summed E-state index contributed by atoms with van der Waals surface area (Å²) in [6, 6.07) is 6.48. The Bertz CT molecular complexity index is 569. The predicted octanol–water partition coefficient (Wildman–Crippen LogP) is 2.00. The zero-order chi connectivity index (χ0) is 15.5. The molecule has 0 N–H and O–H groups in total. The molecule has 118 valence electrons. The first-order valence-electron chi connectivity index (χ1n) is 7.59. The van der Waals surface area contributed by atoms with Gasteiger partial charge in [0.05, 0.1) is 5.75 Å². The van der Waals surface area contributed by atoms with E-state index in [0.29, 0.717) is 31.1 Å². The predicted molar refractivity (Wildman–Crippen MR) is 83.0 cm³/mol. The summed E-state index contributed by atoms with van der Waals surface area (Å²) in [5.41, 5.74) is 0. The Kier molecular flexibility index (Phi) is 4.66. The Morgan fingerprint density at radius 1 is 1.09 bits per heavy atom. The highest BCUT2D eigenvalue weighted by atomic mass is 32.2. The second-order valence-corrected chi connectivity index (χ2v) is 6.72. The van der Waals surface area contributed by atoms with Gasteiger partial charge in [0.2, 0.25) is 11.8 Å². The first kappa shape index (κ1) is 15.3. The van der Waals surface area contributed by atoms with Gasteiger partial charge in [0.15, 0.2) is 0 Å². The van der Waals surface area contributed by atoms with Gasteiger partial charge < -0.3 is 9.80 Å². The summed E-state index contributed by atoms with van der Waals surface area (Å²) in [7, 11) is 0. The highest BCUT2D eigenvalue weighted by Crippen LogP contribution is 2.31. The summed E-state index contributed by atoms with van der Waals surface area (Å²) in [6.07, 6.45) is 2.02. The number of rotatable bonds is 4. The quantitative estimate of drug-likeness (QED) is 0.796. The number of hydrogen-bond acceptors (Lipinski definition) is 3. The number of hydrogen-bond donors (Lipinski definition) is 0. The number of thioether (sulfide) groups is 1. The summed E-state index contributed by atoms with van der Waals surface area (Å²) in [4.78, 5) is 28.3. The number of carbonyl (C=O) groups is 2. The molecule has 1 saturated carbocycles. The number of halogens is 1. The van der Waals surface area contributed by atoms with Crippen molar-refractivity contribution >= 4 is 23.6 Å². The minimum absolute atomic E-state index is 0.00627. The van der Waals surface area contributed by atoms with Gasteiger partial charge in [0.25, 0.3) is 0 Å². The van der Waals surface area contributed by atoms with E-state index in [9.17, 15) is 14.0 Å². The molecule has 0 aromatic heterocycles. The smallest absolute Gasteiger partial charge is 0.233 e. The fraction of sp³-hybridized carbons (Fsp3) is 0.500. The van der Waals surface area contributed by atoms with Gasteiger partial charge in [-0.1, -0.05) is 12.1 Å². The molecule has 22 heavy (non-hydrogen) atoms. The number of benzene rings is 1. The number of amides is 2. The van der Waals surface area contributed by atoms with Crippen molar-refractivity contribution in [3.05, 3.63) is 30.1 Å². The molecule has 0 radical (unpaired) electrons. The van der Waals surface area contributed by atoms with Gasteiger partial charge in [0.1, 0.15) is 5.82 Å². The number of nitrogens with zero attached hydrogens (tertiary/aromatic N) is 2. The van der Waals surface area contributed by atoms with Crippen LogP contribution in [0.1, 0.15) is 12.8 Å². The molecule has 1 saturated heterocycles. The molecule has 1 aliphatic carbocycles. The van der Waals surface area contributed by atoms with Gasteiger partial charge in [0, 0.05) is 37.0 Å². The zero-order valence-corrected chi connectivity index (χ0v) is 13.2. The molecular formula is C16H19FN2O2S. The van der Waals surface area contributed by atoms with E-state index in [1.807, 2.05) is 4.90 Å². The van der Waals surface area contributed by atoms with Crippen LogP contribution in [-0.2, 0) is 9.59 Å². The Labute approximate surface area is 133 Å². The van der Waals surface area contributed by atoms with Gasteiger partial charge in [-0.3, -0.25) is 9.59 Å². The first-order valence-corrected chi connectivity index (χ1v) is 8.57. The van der Waals surface area contributed by atoms with Crippen LogP contribution in [-0.4, -0.2) is 53.5 Å². The maximum absolute atomic E-state index is 13.5. The van der Waals surface area contributed by atoms with E-state index >= 15 is 0 Å². The van der Waals surface area contributed by atoms with Crippen molar-refractivity contribution < 1.29 is 14.0 Å². The number of carbonyl (C=O) groups excluding carboxylic acids is 2. The van der Waals surface area contributed by atoms with Crippen LogP contribution < -0.4 is 0 Å². The Morgan fingerprint density at radius 3 is 2.36 bits per heavy atom. The van der Waals surface area contributed by atoms with Gasteiger partial charge in [-0.05, 0) is 25.0 Å². The van der Waals surface area contributed by atoms with Crippen LogP contribution in [0.4, 0.5) is 4.39 Å². The minimum Gasteiger partial charge on any atom is -0.339 e. The topological polar surface area (TPSA) is 40.6 Å². The van der Waals surface area contributed by atoms with Crippen LogP contribution >= 0.6 is 11.8 Å². The van der Waals surface area contributed by atoms with E-state index in [4.69, 9.17) is 0 Å². The molecule has 0 atom stereocenters. The monoisotopic (exact) mass is 322 g/mol. The standard InChI is InChI=1S/C16H19FN2O2S/c17-13-3-1-2-4-14(13)22-11-15(20)18-7-9-19(10-8-18)16(21)12-5-6-12/h1-4,12H,5-11H2. The normalized spacial score (nSPS) is 18.4. The van der Waals surface area contributed by atoms with Crippen molar-refractivity contribution in [1.29, 1.82) is 0 Å². The molecule has 2 fully saturated rings. The molecule has 1 heterocycles. The first-order chi connectivity index (χ1) is 10.6. The van der Waals surface area contributed by atoms with Crippen molar-refractivity contribution in [2.45, 2.75) is 17.7 Å². The van der Waals surface area contributed by atoms with E-state index in [0.717, 1.165) is 12.8 Å². The average Bonchev–Trinajstić information content (AvgIpc) is 3.38. The van der Waals surface area contributed by atoms with Gasteiger partial charge in [-0.25, -0.2) is 4.39 Å². The highest BCUT2D eigenvalue weighted by Gasteiger charge is 2.35. The van der Waals surface area contributed by atoms with Gasteiger partial charge in [-0.2, -0.15) is 0 Å². The van der Waals surface area contributed by atoms with Gasteiger partial charge in [-0.15, -0.1) is 11.8 Å². The van der Waals surface area contributed by atoms with Crippen LogP contribution in [0, 0.1) is 11.7 Å². The third-order valence-electron chi connectivity index (χ3n) is 4.06. The van der Waals surface area contributed by atoms with Crippen LogP contribution in [0.2, 0.25) is 0 Å². The maximum atomic E-state index is 13.5. The summed E-state index contributed by atoms with van der Waals surface area (Å²) >= 11 is 1.22. The van der Waals surface area contributed by atoms with Crippen LogP contribution in [0.15, 0.2) is 29.2 Å². The Hall–Kier alpha value is -1.56. The summed E-state index contributed by atoms with van der Waals surface area (Å²) in [6.45, 7) is 2.39. The van der Waals surface area contributed by atoms with Gasteiger partial charge >= 0.3 is 0 Å². The highest BCUT2D eigenvalue weighted by molar-refractivity contribution is 8.00. The lowest BCUT2D eigenvalue weighted by atomic mass is 10.2. The third-order valence-corrected chi connectivity index (χ3v) is 5.09. The lowest BCUT2D eigenvalue weighted by molar-refractivity contribution is -0.139. The third kappa shape index (κ3) is 3.61. The van der Waals surface area contributed by atoms with Crippen molar-refractivity contribution in [2.75, 3.05) is 31.9 Å². The Morgan fingerprint density at radius 2 is 1.73 bits per heavy atom. The van der Waals surface area contributed by atoms with Crippen LogP contribution in [0.3, 0.4) is 0 Å². The fourth-order valence-electron chi connectivity index (χ4n) is 2.56. The second-order valence-electron chi connectivity index (χ2n) is 5.70. The van der Waals surface area contributed by atoms with E-state index < -0.39 is 0 Å². The Balaban J connectivity index is 1.45. The van der Waals surface area contributed by atoms with E-state index in [1.165, 1.54) is 17.8 Å². The average molecular weight is 322 g/mol. The molecule has 4 nitrogen and oxygen atoms in total. The number of piperazine rings is 1. The van der Waals surface area contributed by atoms with Crippen molar-refractivity contribution in [3.8, 4) is 0 Å². The molecule has 0 bridgehead atoms. The SMILES string of the molecule is O=C(CSc1ccccc1F)N1CCN(C(=O)C2CC2)CC1. The van der Waals surface area contributed by atoms with Crippen LogP contribution in [0.5, 0.6) is 0 Å². The summed E-state index contributed by atoms with van der Waals surface area (Å²) in [5, 5.41) is 0. The summed E-state index contributed by atoms with van der Waals surface area (Å²) in [5.74, 6) is 0.427. The molecule has 2 amide bonds. The maximum Gasteiger partial charge on any atom is 0.233 e. The molecule has 0 spiro atoms. The lowest BCUT2D eigenvalue weighted by Gasteiger charge is -2.34. The molecule has 1 aromatic carbocycles. The van der Waals surface area contributed by atoms with E-state index in [-0.39, 0.29) is 29.3 Å². The van der Waals surface area contributed by atoms with Crippen molar-refractivity contribution in [3.63, 3.8) is 0 Å². The molecule has 0 unspecified atom stereocenters. The zero-order valence-electron chi connectivity index (χ0n) is 12.3. The largest absolute Gasteiger partial charge is 0.339 e. The molecular weight excluding hydrogens is 303 g/mol. The van der Waals surface area contributed by atoms with E-state index in [1.54, 1.807) is 23.1 Å². The van der Waals surface area contributed by atoms with Crippen LogP contribution in [0.25, 0.3) is 0 Å². The molecule has 2 aliphatic rings. The molecule has 1 aromatic rings. The second kappa shape index (κ2) is 6.69. The van der Waals surface area contributed by atoms with Crippen molar-refractivity contribution in [1.82, 2.24) is 9.80 Å². The summed E-state index contributed by atoms with van der Waals surface area (Å²) < 4.78 is 13.5. The molecule has 6 heteroatoms. The minimum atomic E-state index is -0.292.